The Morgan fingerprint density at radius 3 is 2.73 bits per heavy atom. The van der Waals surface area contributed by atoms with Crippen molar-refractivity contribution in [2.75, 3.05) is 0 Å². The van der Waals surface area contributed by atoms with Gasteiger partial charge < -0.3 is 5.11 Å². The maximum Gasteiger partial charge on any atom is 0.337 e. The Balaban J connectivity index is 2.25. The summed E-state index contributed by atoms with van der Waals surface area (Å²) in [6.45, 7) is 0. The largest absolute Gasteiger partial charge is 0.478 e. The molecular weight excluding hydrogens is 212 g/mol. The first-order valence-corrected chi connectivity index (χ1v) is 5.09. The van der Waals surface area contributed by atoms with Crippen LogP contribution in [0.2, 0.25) is 5.02 Å². The molecule has 1 aromatic carbocycles. The molecule has 0 aromatic heterocycles. The van der Waals surface area contributed by atoms with E-state index in [1.54, 1.807) is 12.1 Å². The number of carboxylic acids is 1. The molecule has 0 amide bonds. The summed E-state index contributed by atoms with van der Waals surface area (Å²) in [5.41, 5.74) is 0.894. The summed E-state index contributed by atoms with van der Waals surface area (Å²) in [4.78, 5) is 10.7. The lowest BCUT2D eigenvalue weighted by Crippen LogP contribution is -1.97. The molecule has 1 fully saturated rings. The Hall–Kier alpha value is -1.46. The molecule has 15 heavy (non-hydrogen) atoms. The van der Waals surface area contributed by atoms with E-state index in [2.05, 4.69) is 11.8 Å². The summed E-state index contributed by atoms with van der Waals surface area (Å²) in [7, 11) is 0. The zero-order chi connectivity index (χ0) is 10.8. The number of hydrogen-bond acceptors (Lipinski definition) is 1. The minimum atomic E-state index is -1.01. The van der Waals surface area contributed by atoms with E-state index in [-0.39, 0.29) is 10.6 Å². The van der Waals surface area contributed by atoms with Crippen LogP contribution in [-0.2, 0) is 0 Å². The molecule has 0 unspecified atom stereocenters. The van der Waals surface area contributed by atoms with Gasteiger partial charge in [-0.15, -0.1) is 0 Å². The average Bonchev–Trinajstić information content (AvgIpc) is 2.97. The Morgan fingerprint density at radius 1 is 1.47 bits per heavy atom. The number of aromatic carboxylic acids is 1. The SMILES string of the molecule is O=C(O)c1ccc(C#CC2CC2)cc1Cl. The molecule has 0 aliphatic heterocycles. The van der Waals surface area contributed by atoms with Crippen LogP contribution in [0.3, 0.4) is 0 Å². The van der Waals surface area contributed by atoms with E-state index in [0.717, 1.165) is 5.56 Å². The Labute approximate surface area is 92.9 Å². The van der Waals surface area contributed by atoms with Crippen molar-refractivity contribution < 1.29 is 9.90 Å². The third kappa shape index (κ3) is 2.51. The van der Waals surface area contributed by atoms with E-state index in [4.69, 9.17) is 16.7 Å². The molecule has 0 atom stereocenters. The molecule has 1 N–H and O–H groups in total. The average molecular weight is 221 g/mol. The summed E-state index contributed by atoms with van der Waals surface area (Å²) in [6, 6.07) is 4.77. The third-order valence-electron chi connectivity index (χ3n) is 2.20. The third-order valence-corrected chi connectivity index (χ3v) is 2.51. The number of carboxylic acid groups (broad SMARTS) is 1. The van der Waals surface area contributed by atoms with Crippen LogP contribution in [0.1, 0.15) is 28.8 Å². The standard InChI is InChI=1S/C12H9ClO2/c13-11-7-9(4-3-8-1-2-8)5-6-10(11)12(14)15/h5-8H,1-2H2,(H,14,15). The fourth-order valence-electron chi connectivity index (χ4n) is 1.18. The van der Waals surface area contributed by atoms with Crippen LogP contribution in [0.25, 0.3) is 0 Å². The van der Waals surface area contributed by atoms with Crippen LogP contribution in [0.15, 0.2) is 18.2 Å². The lowest BCUT2D eigenvalue weighted by molar-refractivity contribution is 0.0697. The Bertz CT molecular complexity index is 464. The molecule has 2 nitrogen and oxygen atoms in total. The highest BCUT2D eigenvalue weighted by atomic mass is 35.5. The number of hydrogen-bond donors (Lipinski definition) is 1. The smallest absolute Gasteiger partial charge is 0.337 e. The molecule has 0 radical (unpaired) electrons. The summed E-state index contributed by atoms with van der Waals surface area (Å²) in [6.07, 6.45) is 2.35. The van der Waals surface area contributed by atoms with E-state index >= 15 is 0 Å². The molecule has 1 aliphatic rings. The second kappa shape index (κ2) is 3.96. The monoisotopic (exact) mass is 220 g/mol. The van der Waals surface area contributed by atoms with E-state index in [9.17, 15) is 4.79 Å². The van der Waals surface area contributed by atoms with Gasteiger partial charge in [0.05, 0.1) is 10.6 Å². The van der Waals surface area contributed by atoms with Gasteiger partial charge in [-0.1, -0.05) is 23.4 Å². The minimum Gasteiger partial charge on any atom is -0.478 e. The van der Waals surface area contributed by atoms with E-state index in [1.807, 2.05) is 0 Å². The summed E-state index contributed by atoms with van der Waals surface area (Å²) >= 11 is 5.81. The van der Waals surface area contributed by atoms with Gasteiger partial charge in [-0.25, -0.2) is 4.79 Å². The van der Waals surface area contributed by atoms with Crippen LogP contribution in [0.5, 0.6) is 0 Å². The van der Waals surface area contributed by atoms with Crippen molar-refractivity contribution in [1.82, 2.24) is 0 Å². The highest BCUT2D eigenvalue weighted by molar-refractivity contribution is 6.33. The highest BCUT2D eigenvalue weighted by Gasteiger charge is 2.17. The zero-order valence-corrected chi connectivity index (χ0v) is 8.71. The first-order chi connectivity index (χ1) is 7.16. The fraction of sp³-hybridized carbons (Fsp3) is 0.250. The topological polar surface area (TPSA) is 37.3 Å². The van der Waals surface area contributed by atoms with Crippen molar-refractivity contribution in [2.45, 2.75) is 12.8 Å². The van der Waals surface area contributed by atoms with Crippen LogP contribution in [-0.4, -0.2) is 11.1 Å². The van der Waals surface area contributed by atoms with Crippen molar-refractivity contribution in [3.8, 4) is 11.8 Å². The van der Waals surface area contributed by atoms with Gasteiger partial charge >= 0.3 is 5.97 Å². The Kier molecular flexibility index (Phi) is 2.66. The molecule has 0 heterocycles. The summed E-state index contributed by atoms with van der Waals surface area (Å²) < 4.78 is 0. The number of benzene rings is 1. The van der Waals surface area contributed by atoms with Gasteiger partial charge in [0.1, 0.15) is 0 Å². The lowest BCUT2D eigenvalue weighted by Gasteiger charge is -1.98. The molecule has 1 saturated carbocycles. The van der Waals surface area contributed by atoms with E-state index in [1.165, 1.54) is 18.9 Å². The van der Waals surface area contributed by atoms with Gasteiger partial charge in [-0.2, -0.15) is 0 Å². The molecule has 1 aliphatic carbocycles. The zero-order valence-electron chi connectivity index (χ0n) is 7.96. The number of rotatable bonds is 1. The van der Waals surface area contributed by atoms with Crippen molar-refractivity contribution in [1.29, 1.82) is 0 Å². The van der Waals surface area contributed by atoms with Crippen molar-refractivity contribution in [3.05, 3.63) is 34.3 Å². The summed E-state index contributed by atoms with van der Waals surface area (Å²) in [5.74, 6) is 5.60. The first-order valence-electron chi connectivity index (χ1n) is 4.71. The summed E-state index contributed by atoms with van der Waals surface area (Å²) in [5, 5.41) is 9.01. The highest BCUT2D eigenvalue weighted by Crippen LogP contribution is 2.27. The van der Waals surface area contributed by atoms with Gasteiger partial charge in [0.25, 0.3) is 0 Å². The van der Waals surface area contributed by atoms with E-state index < -0.39 is 5.97 Å². The molecule has 76 valence electrons. The molecule has 3 heteroatoms. The van der Waals surface area contributed by atoms with Crippen molar-refractivity contribution in [2.24, 2.45) is 5.92 Å². The van der Waals surface area contributed by atoms with Gasteiger partial charge in [-0.05, 0) is 31.0 Å². The molecule has 0 spiro atoms. The predicted octanol–water partition coefficient (Wildman–Crippen LogP) is 2.80. The molecule has 0 bridgehead atoms. The fourth-order valence-corrected chi connectivity index (χ4v) is 1.44. The number of carbonyl (C=O) groups is 1. The van der Waals surface area contributed by atoms with Crippen molar-refractivity contribution in [3.63, 3.8) is 0 Å². The van der Waals surface area contributed by atoms with Gasteiger partial charge in [0.15, 0.2) is 0 Å². The van der Waals surface area contributed by atoms with Crippen LogP contribution >= 0.6 is 11.6 Å². The minimum absolute atomic E-state index is 0.119. The second-order valence-corrected chi connectivity index (χ2v) is 3.95. The van der Waals surface area contributed by atoms with Gasteiger partial charge in [-0.3, -0.25) is 0 Å². The molecular formula is C12H9ClO2. The number of halogens is 1. The van der Waals surface area contributed by atoms with Gasteiger partial charge in [0.2, 0.25) is 0 Å². The normalized spacial score (nSPS) is 14.2. The van der Waals surface area contributed by atoms with Crippen LogP contribution < -0.4 is 0 Å². The first kappa shape index (κ1) is 10.1. The maximum absolute atomic E-state index is 10.7. The van der Waals surface area contributed by atoms with Crippen molar-refractivity contribution >= 4 is 17.6 Å². The quantitative estimate of drug-likeness (QED) is 0.739. The molecule has 2 rings (SSSR count). The lowest BCUT2D eigenvalue weighted by atomic mass is 10.1. The predicted molar refractivity (Wildman–Crippen MR) is 58.0 cm³/mol. The Morgan fingerprint density at radius 2 is 2.20 bits per heavy atom. The maximum atomic E-state index is 10.7. The van der Waals surface area contributed by atoms with Gasteiger partial charge in [0, 0.05) is 11.5 Å². The molecule has 1 aromatic rings. The van der Waals surface area contributed by atoms with E-state index in [0.29, 0.717) is 5.92 Å². The second-order valence-electron chi connectivity index (χ2n) is 3.54. The molecule has 0 saturated heterocycles. The van der Waals surface area contributed by atoms with Crippen LogP contribution in [0, 0.1) is 17.8 Å². The van der Waals surface area contributed by atoms with Crippen LogP contribution in [0.4, 0.5) is 0 Å².